The molecule has 0 spiro atoms. The first-order chi connectivity index (χ1) is 8.67. The summed E-state index contributed by atoms with van der Waals surface area (Å²) in [5.41, 5.74) is 1.16. The lowest BCUT2D eigenvalue weighted by molar-refractivity contribution is 0.559. The maximum absolute atomic E-state index is 12.8. The molecular weight excluding hydrogens is 313 g/mol. The molecule has 0 radical (unpaired) electrons. The van der Waals surface area contributed by atoms with E-state index in [2.05, 4.69) is 33.4 Å². The van der Waals surface area contributed by atoms with Crippen LogP contribution < -0.4 is 5.32 Å². The largest absolute Gasteiger partial charge is 0.316 e. The van der Waals surface area contributed by atoms with E-state index in [1.54, 1.807) is 11.3 Å². The van der Waals surface area contributed by atoms with Crippen LogP contribution in [0.3, 0.4) is 0 Å². The van der Waals surface area contributed by atoms with E-state index in [0.717, 1.165) is 22.2 Å². The molecule has 0 aliphatic heterocycles. The monoisotopic (exact) mass is 327 g/mol. The molecule has 1 heterocycles. The van der Waals surface area contributed by atoms with Crippen LogP contribution in [0.5, 0.6) is 0 Å². The SMILES string of the molecule is CNC(Cc1ccc(F)cc1)Cc1ccc(Br)s1. The Hall–Kier alpha value is -0.710. The Morgan fingerprint density at radius 2 is 1.89 bits per heavy atom. The third kappa shape index (κ3) is 3.90. The highest BCUT2D eigenvalue weighted by molar-refractivity contribution is 9.11. The average molecular weight is 328 g/mol. The van der Waals surface area contributed by atoms with Crippen LogP contribution in [0, 0.1) is 5.82 Å². The summed E-state index contributed by atoms with van der Waals surface area (Å²) >= 11 is 5.24. The van der Waals surface area contributed by atoms with E-state index in [-0.39, 0.29) is 5.82 Å². The highest BCUT2D eigenvalue weighted by Crippen LogP contribution is 2.23. The molecule has 2 aromatic rings. The lowest BCUT2D eigenvalue weighted by atomic mass is 10.0. The fraction of sp³-hybridized carbons (Fsp3) is 0.286. The number of rotatable bonds is 5. The van der Waals surface area contributed by atoms with Crippen molar-refractivity contribution in [3.05, 3.63) is 56.4 Å². The van der Waals surface area contributed by atoms with Crippen molar-refractivity contribution in [3.63, 3.8) is 0 Å². The minimum atomic E-state index is -0.179. The Morgan fingerprint density at radius 3 is 2.44 bits per heavy atom. The maximum atomic E-state index is 12.8. The molecule has 0 fully saturated rings. The summed E-state index contributed by atoms with van der Waals surface area (Å²) in [5.74, 6) is -0.179. The summed E-state index contributed by atoms with van der Waals surface area (Å²) < 4.78 is 14.0. The molecule has 18 heavy (non-hydrogen) atoms. The Kier molecular flexibility index (Phi) is 4.92. The molecule has 1 aromatic carbocycles. The van der Waals surface area contributed by atoms with Crippen LogP contribution in [0.1, 0.15) is 10.4 Å². The summed E-state index contributed by atoms with van der Waals surface area (Å²) in [4.78, 5) is 1.35. The number of likely N-dealkylation sites (N-methyl/N-ethyl adjacent to an activating group) is 1. The topological polar surface area (TPSA) is 12.0 Å². The van der Waals surface area contributed by atoms with E-state index in [1.165, 1.54) is 17.0 Å². The molecule has 2 rings (SSSR count). The minimum absolute atomic E-state index is 0.179. The van der Waals surface area contributed by atoms with Gasteiger partial charge in [0.25, 0.3) is 0 Å². The van der Waals surface area contributed by atoms with E-state index >= 15 is 0 Å². The minimum Gasteiger partial charge on any atom is -0.316 e. The van der Waals surface area contributed by atoms with E-state index in [4.69, 9.17) is 0 Å². The zero-order valence-corrected chi connectivity index (χ0v) is 12.5. The van der Waals surface area contributed by atoms with E-state index in [0.29, 0.717) is 6.04 Å². The van der Waals surface area contributed by atoms with Crippen molar-refractivity contribution in [2.45, 2.75) is 18.9 Å². The first kappa shape index (κ1) is 13.7. The summed E-state index contributed by atoms with van der Waals surface area (Å²) in [5, 5.41) is 3.32. The van der Waals surface area contributed by atoms with Gasteiger partial charge in [-0.1, -0.05) is 12.1 Å². The van der Waals surface area contributed by atoms with Crippen molar-refractivity contribution in [2.75, 3.05) is 7.05 Å². The van der Waals surface area contributed by atoms with Gasteiger partial charge in [0, 0.05) is 10.9 Å². The van der Waals surface area contributed by atoms with Gasteiger partial charge >= 0.3 is 0 Å². The van der Waals surface area contributed by atoms with Crippen LogP contribution in [0.15, 0.2) is 40.2 Å². The summed E-state index contributed by atoms with van der Waals surface area (Å²) in [6.45, 7) is 0. The molecule has 0 saturated carbocycles. The highest BCUT2D eigenvalue weighted by Gasteiger charge is 2.10. The maximum Gasteiger partial charge on any atom is 0.123 e. The lowest BCUT2D eigenvalue weighted by Crippen LogP contribution is -2.29. The van der Waals surface area contributed by atoms with Crippen molar-refractivity contribution < 1.29 is 4.39 Å². The third-order valence-electron chi connectivity index (χ3n) is 2.88. The van der Waals surface area contributed by atoms with Gasteiger partial charge in [-0.15, -0.1) is 11.3 Å². The van der Waals surface area contributed by atoms with Gasteiger partial charge in [0.05, 0.1) is 3.79 Å². The van der Waals surface area contributed by atoms with Gasteiger partial charge in [-0.25, -0.2) is 4.39 Å². The quantitative estimate of drug-likeness (QED) is 0.874. The molecule has 1 N–H and O–H groups in total. The molecule has 0 saturated heterocycles. The first-order valence-electron chi connectivity index (χ1n) is 5.83. The van der Waals surface area contributed by atoms with Crippen LogP contribution in [-0.2, 0) is 12.8 Å². The Morgan fingerprint density at radius 1 is 1.17 bits per heavy atom. The molecule has 1 atom stereocenters. The Labute approximate surface area is 119 Å². The highest BCUT2D eigenvalue weighted by atomic mass is 79.9. The molecule has 0 aliphatic rings. The van der Waals surface area contributed by atoms with Gasteiger partial charge in [0.2, 0.25) is 0 Å². The fourth-order valence-corrected chi connectivity index (χ4v) is 3.45. The number of halogens is 2. The van der Waals surface area contributed by atoms with Gasteiger partial charge in [-0.3, -0.25) is 0 Å². The standard InChI is InChI=1S/C14H15BrFNS/c1-17-12(9-13-6-7-14(15)18-13)8-10-2-4-11(16)5-3-10/h2-7,12,17H,8-9H2,1H3. The molecule has 0 aliphatic carbocycles. The molecule has 1 aromatic heterocycles. The second-order valence-electron chi connectivity index (χ2n) is 4.23. The number of benzene rings is 1. The Balaban J connectivity index is 1.99. The molecule has 96 valence electrons. The summed E-state index contributed by atoms with van der Waals surface area (Å²) in [6.07, 6.45) is 1.90. The second-order valence-corrected chi connectivity index (χ2v) is 6.77. The Bertz CT molecular complexity index is 495. The first-order valence-corrected chi connectivity index (χ1v) is 7.44. The van der Waals surface area contributed by atoms with Crippen molar-refractivity contribution >= 4 is 27.3 Å². The van der Waals surface area contributed by atoms with Gasteiger partial charge in [-0.05, 0) is 65.6 Å². The van der Waals surface area contributed by atoms with E-state index in [1.807, 2.05) is 19.2 Å². The second kappa shape index (κ2) is 6.45. The predicted octanol–water partition coefficient (Wildman–Crippen LogP) is 4.02. The molecule has 4 heteroatoms. The van der Waals surface area contributed by atoms with Crippen LogP contribution >= 0.6 is 27.3 Å². The normalized spacial score (nSPS) is 12.6. The number of hydrogen-bond acceptors (Lipinski definition) is 2. The smallest absolute Gasteiger partial charge is 0.123 e. The lowest BCUT2D eigenvalue weighted by Gasteiger charge is -2.15. The number of nitrogens with one attached hydrogen (secondary N) is 1. The predicted molar refractivity (Wildman–Crippen MR) is 78.7 cm³/mol. The third-order valence-corrected chi connectivity index (χ3v) is 4.53. The van der Waals surface area contributed by atoms with Crippen LogP contribution in [0.4, 0.5) is 4.39 Å². The van der Waals surface area contributed by atoms with Crippen LogP contribution in [0.25, 0.3) is 0 Å². The van der Waals surface area contributed by atoms with Crippen molar-refractivity contribution in [2.24, 2.45) is 0 Å². The molecule has 0 bridgehead atoms. The van der Waals surface area contributed by atoms with Crippen LogP contribution in [-0.4, -0.2) is 13.1 Å². The van der Waals surface area contributed by atoms with Gasteiger partial charge < -0.3 is 5.32 Å². The summed E-state index contributed by atoms with van der Waals surface area (Å²) in [7, 11) is 1.97. The number of thiophene rings is 1. The van der Waals surface area contributed by atoms with Crippen molar-refractivity contribution in [1.29, 1.82) is 0 Å². The summed E-state index contributed by atoms with van der Waals surface area (Å²) in [6, 6.07) is 11.3. The van der Waals surface area contributed by atoms with Gasteiger partial charge in [0.1, 0.15) is 5.82 Å². The zero-order chi connectivity index (χ0) is 13.0. The van der Waals surface area contributed by atoms with Crippen molar-refractivity contribution in [3.8, 4) is 0 Å². The molecular formula is C14H15BrFNS. The molecule has 0 amide bonds. The number of hydrogen-bond donors (Lipinski definition) is 1. The van der Waals surface area contributed by atoms with E-state index in [9.17, 15) is 4.39 Å². The fourth-order valence-electron chi connectivity index (χ4n) is 1.89. The van der Waals surface area contributed by atoms with E-state index < -0.39 is 0 Å². The van der Waals surface area contributed by atoms with Gasteiger partial charge in [-0.2, -0.15) is 0 Å². The average Bonchev–Trinajstić information content (AvgIpc) is 2.77. The molecule has 1 unspecified atom stereocenters. The molecule has 1 nitrogen and oxygen atoms in total. The van der Waals surface area contributed by atoms with Gasteiger partial charge in [0.15, 0.2) is 0 Å². The van der Waals surface area contributed by atoms with Crippen LogP contribution in [0.2, 0.25) is 0 Å². The van der Waals surface area contributed by atoms with Crippen molar-refractivity contribution in [1.82, 2.24) is 5.32 Å². The zero-order valence-electron chi connectivity index (χ0n) is 10.1.